The molecule has 1 atom stereocenters. The van der Waals surface area contributed by atoms with E-state index in [0.717, 1.165) is 4.90 Å². The van der Waals surface area contributed by atoms with E-state index in [1.807, 2.05) is 0 Å². The van der Waals surface area contributed by atoms with Gasteiger partial charge in [0.15, 0.2) is 0 Å². The molecule has 1 N–H and O–H groups in total. The first-order valence-electron chi connectivity index (χ1n) is 6.09. The Labute approximate surface area is 115 Å². The number of aromatic nitrogens is 1. The monoisotopic (exact) mass is 275 g/mol. The van der Waals surface area contributed by atoms with E-state index < -0.39 is 23.8 Å². The highest BCUT2D eigenvalue weighted by Gasteiger charge is 2.42. The van der Waals surface area contributed by atoms with E-state index in [1.54, 1.807) is 0 Å². The zero-order chi connectivity index (χ0) is 14.7. The van der Waals surface area contributed by atoms with Crippen molar-refractivity contribution in [2.75, 3.05) is 7.05 Å². The van der Waals surface area contributed by atoms with E-state index in [0.29, 0.717) is 6.29 Å². The van der Waals surface area contributed by atoms with Crippen LogP contribution in [0.1, 0.15) is 33.6 Å². The van der Waals surface area contributed by atoms with Gasteiger partial charge >= 0.3 is 0 Å². The predicted molar refractivity (Wildman–Crippen MR) is 67.9 cm³/mol. The molecule has 1 aliphatic rings. The molecule has 7 nitrogen and oxygen atoms in total. The summed E-state index contributed by atoms with van der Waals surface area (Å²) in [6, 6.07) is 0.452. The highest BCUT2D eigenvalue weighted by molar-refractivity contribution is 6.22. The van der Waals surface area contributed by atoms with Crippen LogP contribution in [0.4, 0.5) is 0 Å². The van der Waals surface area contributed by atoms with Gasteiger partial charge in [-0.25, -0.2) is 0 Å². The Morgan fingerprint density at radius 1 is 1.40 bits per heavy atom. The maximum atomic E-state index is 12.2. The second kappa shape index (κ2) is 5.60. The first-order valence-corrected chi connectivity index (χ1v) is 6.09. The number of likely N-dealkylation sites (N-methyl/N-ethyl adjacent to an activating group) is 1. The average Bonchev–Trinajstić information content (AvgIpc) is 2.73. The Morgan fingerprint density at radius 2 is 2.10 bits per heavy atom. The van der Waals surface area contributed by atoms with Gasteiger partial charge in [0.25, 0.3) is 11.8 Å². The number of hydrogen-bond donors (Lipinski definition) is 1. The van der Waals surface area contributed by atoms with Gasteiger partial charge in [0.05, 0.1) is 11.1 Å². The zero-order valence-corrected chi connectivity index (χ0v) is 10.8. The van der Waals surface area contributed by atoms with Crippen LogP contribution in [0.2, 0.25) is 0 Å². The summed E-state index contributed by atoms with van der Waals surface area (Å²) in [5.74, 6) is -1.57. The number of hydrogen-bond acceptors (Lipinski definition) is 5. The van der Waals surface area contributed by atoms with Gasteiger partial charge in [-0.2, -0.15) is 0 Å². The lowest BCUT2D eigenvalue weighted by molar-refractivity contribution is -0.124. The summed E-state index contributed by atoms with van der Waals surface area (Å²) in [5, 5.41) is 2.40. The van der Waals surface area contributed by atoms with Crippen LogP contribution in [0.25, 0.3) is 0 Å². The van der Waals surface area contributed by atoms with Crippen molar-refractivity contribution < 1.29 is 19.2 Å². The largest absolute Gasteiger partial charge is 0.357 e. The third-order valence-corrected chi connectivity index (χ3v) is 3.14. The molecule has 2 rings (SSSR count). The number of aldehydes is 1. The second-order valence-electron chi connectivity index (χ2n) is 4.28. The molecule has 0 bridgehead atoms. The van der Waals surface area contributed by atoms with Crippen LogP contribution < -0.4 is 5.32 Å². The van der Waals surface area contributed by atoms with Crippen molar-refractivity contribution in [3.8, 4) is 0 Å². The van der Waals surface area contributed by atoms with Crippen LogP contribution in [0, 0.1) is 0 Å². The number of amides is 3. The smallest absolute Gasteiger partial charge is 0.263 e. The van der Waals surface area contributed by atoms with E-state index in [4.69, 9.17) is 0 Å². The minimum Gasteiger partial charge on any atom is -0.357 e. The molecule has 0 aliphatic carbocycles. The van der Waals surface area contributed by atoms with E-state index in [2.05, 4.69) is 10.3 Å². The zero-order valence-electron chi connectivity index (χ0n) is 10.8. The number of carbonyl (C=O) groups excluding carboxylic acids is 4. The van der Waals surface area contributed by atoms with Crippen molar-refractivity contribution in [1.82, 2.24) is 15.2 Å². The minimum atomic E-state index is -0.988. The molecule has 1 aliphatic heterocycles. The van der Waals surface area contributed by atoms with E-state index >= 15 is 0 Å². The Hall–Kier alpha value is -2.57. The van der Waals surface area contributed by atoms with Crippen LogP contribution >= 0.6 is 0 Å². The number of rotatable bonds is 5. The number of nitrogens with zero attached hydrogens (tertiary/aromatic N) is 2. The van der Waals surface area contributed by atoms with Crippen molar-refractivity contribution in [3.63, 3.8) is 0 Å². The van der Waals surface area contributed by atoms with Gasteiger partial charge in [0.1, 0.15) is 12.3 Å². The third kappa shape index (κ3) is 2.18. The van der Waals surface area contributed by atoms with Gasteiger partial charge in [-0.1, -0.05) is 0 Å². The minimum absolute atomic E-state index is 0.0870. The molecule has 104 valence electrons. The first kappa shape index (κ1) is 13.9. The molecular formula is C13H13N3O4. The van der Waals surface area contributed by atoms with Gasteiger partial charge in [0, 0.05) is 25.9 Å². The van der Waals surface area contributed by atoms with Gasteiger partial charge in [0.2, 0.25) is 5.91 Å². The Morgan fingerprint density at radius 3 is 2.70 bits per heavy atom. The lowest BCUT2D eigenvalue weighted by Gasteiger charge is -2.23. The summed E-state index contributed by atoms with van der Waals surface area (Å²) < 4.78 is 0. The van der Waals surface area contributed by atoms with Crippen LogP contribution in [0.15, 0.2) is 18.5 Å². The van der Waals surface area contributed by atoms with Crippen molar-refractivity contribution in [2.24, 2.45) is 0 Å². The quantitative estimate of drug-likeness (QED) is 0.591. The molecule has 1 aromatic heterocycles. The molecule has 20 heavy (non-hydrogen) atoms. The fourth-order valence-corrected chi connectivity index (χ4v) is 2.16. The van der Waals surface area contributed by atoms with Gasteiger partial charge in [-0.15, -0.1) is 0 Å². The summed E-state index contributed by atoms with van der Waals surface area (Å²) in [6.07, 6.45) is 3.55. The number of carbonyl (C=O) groups is 4. The summed E-state index contributed by atoms with van der Waals surface area (Å²) in [4.78, 5) is 51.5. The van der Waals surface area contributed by atoms with Crippen molar-refractivity contribution in [2.45, 2.75) is 18.9 Å². The molecule has 0 aromatic carbocycles. The average molecular weight is 275 g/mol. The predicted octanol–water partition coefficient (Wildman–Crippen LogP) is -0.229. The first-order chi connectivity index (χ1) is 9.61. The van der Waals surface area contributed by atoms with Crippen LogP contribution in [-0.2, 0) is 9.59 Å². The number of pyridine rings is 1. The molecule has 0 saturated carbocycles. The lowest BCUT2D eigenvalue weighted by Crippen LogP contribution is -2.48. The van der Waals surface area contributed by atoms with Crippen LogP contribution in [0.5, 0.6) is 0 Å². The standard InChI is InChI=1S/C13H13N3O4/c1-14-11(18)10(3-2-6-17)16-12(19)8-4-5-15-7-9(8)13(16)20/h4-7,10H,2-3H2,1H3,(H,14,18). The van der Waals surface area contributed by atoms with Crippen molar-refractivity contribution in [1.29, 1.82) is 0 Å². The number of imide groups is 1. The fourth-order valence-electron chi connectivity index (χ4n) is 2.16. The van der Waals surface area contributed by atoms with Crippen LogP contribution in [0.3, 0.4) is 0 Å². The molecule has 0 radical (unpaired) electrons. The molecule has 2 heterocycles. The number of fused-ring (bicyclic) bond motifs is 1. The molecule has 0 saturated heterocycles. The summed E-state index contributed by atoms with van der Waals surface area (Å²) in [6.45, 7) is 0. The Bertz CT molecular complexity index is 550. The normalized spacial score (nSPS) is 14.9. The SMILES string of the molecule is CNC(=O)C(CCC=O)N1C(=O)c2ccncc2C1=O. The van der Waals surface area contributed by atoms with Gasteiger partial charge < -0.3 is 10.1 Å². The molecular weight excluding hydrogens is 262 g/mol. The fraction of sp³-hybridized carbons (Fsp3) is 0.308. The number of nitrogens with one attached hydrogen (secondary N) is 1. The molecule has 3 amide bonds. The Balaban J connectivity index is 2.36. The molecule has 1 unspecified atom stereocenters. The van der Waals surface area contributed by atoms with E-state index in [1.165, 1.54) is 25.5 Å². The molecule has 0 fully saturated rings. The van der Waals surface area contributed by atoms with Crippen molar-refractivity contribution >= 4 is 24.0 Å². The molecule has 1 aromatic rings. The van der Waals surface area contributed by atoms with Gasteiger partial charge in [-0.3, -0.25) is 24.3 Å². The van der Waals surface area contributed by atoms with Gasteiger partial charge in [-0.05, 0) is 12.5 Å². The highest BCUT2D eigenvalue weighted by atomic mass is 16.2. The Kier molecular flexibility index (Phi) is 3.88. The summed E-state index contributed by atoms with van der Waals surface area (Å²) in [7, 11) is 1.41. The summed E-state index contributed by atoms with van der Waals surface area (Å²) in [5.41, 5.74) is 0.405. The highest BCUT2D eigenvalue weighted by Crippen LogP contribution is 2.25. The van der Waals surface area contributed by atoms with E-state index in [9.17, 15) is 19.2 Å². The second-order valence-corrected chi connectivity index (χ2v) is 4.28. The third-order valence-electron chi connectivity index (χ3n) is 3.14. The maximum absolute atomic E-state index is 12.2. The van der Waals surface area contributed by atoms with E-state index in [-0.39, 0.29) is 24.0 Å². The van der Waals surface area contributed by atoms with Crippen LogP contribution in [-0.4, -0.2) is 47.0 Å². The topological polar surface area (TPSA) is 96.4 Å². The lowest BCUT2D eigenvalue weighted by atomic mass is 10.1. The molecule has 7 heteroatoms. The summed E-state index contributed by atoms with van der Waals surface area (Å²) >= 11 is 0. The molecule has 0 spiro atoms. The van der Waals surface area contributed by atoms with Crippen molar-refractivity contribution in [3.05, 3.63) is 29.6 Å². The maximum Gasteiger partial charge on any atom is 0.263 e.